The van der Waals surface area contributed by atoms with Crippen molar-refractivity contribution in [3.63, 3.8) is 0 Å². The molecule has 3 N–H and O–H groups in total. The highest BCUT2D eigenvalue weighted by Gasteiger charge is 2.52. The van der Waals surface area contributed by atoms with Crippen molar-refractivity contribution in [2.75, 3.05) is 63.5 Å². The smallest absolute Gasteiger partial charge is 0.247 e. The predicted octanol–water partition coefficient (Wildman–Crippen LogP) is 4.15. The number of likely N-dealkylation sites (N-methyl/N-ethyl adjacent to an activating group) is 2. The summed E-state index contributed by atoms with van der Waals surface area (Å²) in [6, 6.07) is 3.79. The van der Waals surface area contributed by atoms with E-state index in [9.17, 15) is 4.79 Å². The molecular weight excluding hydrogens is 489 g/mol. The third-order valence-corrected chi connectivity index (χ3v) is 8.58. The van der Waals surface area contributed by atoms with E-state index in [0.717, 1.165) is 18.8 Å². The molecule has 2 saturated heterocycles. The molecule has 0 aromatic heterocycles. The fraction of sp³-hybridized carbons (Fsp3) is 0.621. The predicted molar refractivity (Wildman–Crippen MR) is 167 cm³/mol. The van der Waals surface area contributed by atoms with Gasteiger partial charge in [0, 0.05) is 32.4 Å². The Morgan fingerprint density at radius 2 is 1.92 bits per heavy atom. The number of aliphatic imine (C=N–C) groups is 2. The van der Waals surface area contributed by atoms with Crippen molar-refractivity contribution in [3.05, 3.63) is 24.8 Å². The van der Waals surface area contributed by atoms with E-state index in [-0.39, 0.29) is 11.3 Å². The molecule has 2 heterocycles. The quantitative estimate of drug-likeness (QED) is 0.161. The standard InChI is InChI=1S/C29H48BN7O2/c1-9-26(38)34-22-18-23(25(39-8)19-24(22)37(7)17-16-36(5)6)35-27(31-10-2)32-20-33-29-13-11-12-28(30-29,14-15-29)21(3)4/h9-10,18-19,21,30,33H,1,11-17,20H2,2-8H3,(H,32,35)(H,34,38)/b31-10-. The number of nitrogens with one attached hydrogen (secondary N) is 3. The molecule has 2 aliphatic heterocycles. The lowest BCUT2D eigenvalue weighted by Crippen LogP contribution is -2.52. The van der Waals surface area contributed by atoms with Gasteiger partial charge in [-0.25, -0.2) is 9.98 Å². The molecule has 10 heteroatoms. The number of amides is 1. The maximum atomic E-state index is 12.3. The number of ether oxygens (including phenoxy) is 1. The van der Waals surface area contributed by atoms with E-state index in [0.29, 0.717) is 41.0 Å². The zero-order chi connectivity index (χ0) is 28.6. The van der Waals surface area contributed by atoms with E-state index >= 15 is 0 Å². The maximum Gasteiger partial charge on any atom is 0.247 e. The Morgan fingerprint density at radius 3 is 2.56 bits per heavy atom. The van der Waals surface area contributed by atoms with E-state index < -0.39 is 0 Å². The highest BCUT2D eigenvalue weighted by atomic mass is 16.5. The first-order valence-electron chi connectivity index (χ1n) is 14.1. The van der Waals surface area contributed by atoms with Crippen LogP contribution in [0.4, 0.5) is 17.1 Å². The van der Waals surface area contributed by atoms with Gasteiger partial charge in [-0.15, -0.1) is 0 Å². The van der Waals surface area contributed by atoms with E-state index in [1.807, 2.05) is 40.2 Å². The van der Waals surface area contributed by atoms with E-state index in [1.165, 1.54) is 45.5 Å². The third kappa shape index (κ3) is 7.63. The summed E-state index contributed by atoms with van der Waals surface area (Å²) in [5.74, 6) is 1.55. The minimum absolute atomic E-state index is 0.172. The summed E-state index contributed by atoms with van der Waals surface area (Å²) in [7, 11) is 8.93. The summed E-state index contributed by atoms with van der Waals surface area (Å²) in [6.07, 6.45) is 9.32. The van der Waals surface area contributed by atoms with Crippen molar-refractivity contribution in [2.24, 2.45) is 15.9 Å². The van der Waals surface area contributed by atoms with Gasteiger partial charge in [-0.05, 0) is 62.7 Å². The van der Waals surface area contributed by atoms with Gasteiger partial charge in [0.1, 0.15) is 5.75 Å². The minimum atomic E-state index is -0.279. The van der Waals surface area contributed by atoms with Crippen LogP contribution in [0.2, 0.25) is 5.31 Å². The first kappa shape index (κ1) is 30.7. The summed E-state index contributed by atoms with van der Waals surface area (Å²) in [6.45, 7) is 12.4. The number of rotatable bonds is 12. The molecule has 2 fully saturated rings. The zero-order valence-electron chi connectivity index (χ0n) is 25.1. The van der Waals surface area contributed by atoms with Crippen molar-refractivity contribution in [1.29, 1.82) is 0 Å². The fourth-order valence-electron chi connectivity index (χ4n) is 6.11. The van der Waals surface area contributed by atoms with Gasteiger partial charge < -0.3 is 25.2 Å². The lowest BCUT2D eigenvalue weighted by Gasteiger charge is -2.41. The topological polar surface area (TPSA) is 93.6 Å². The Labute approximate surface area is 235 Å². The van der Waals surface area contributed by atoms with Gasteiger partial charge in [-0.1, -0.05) is 39.7 Å². The van der Waals surface area contributed by atoms with Crippen LogP contribution in [0.1, 0.15) is 52.9 Å². The average Bonchev–Trinajstić information content (AvgIpc) is 3.18. The van der Waals surface area contributed by atoms with Gasteiger partial charge in [0.05, 0.1) is 30.8 Å². The van der Waals surface area contributed by atoms with Crippen LogP contribution in [-0.4, -0.2) is 83.7 Å². The summed E-state index contributed by atoms with van der Waals surface area (Å²) in [5.41, 5.74) is 2.34. The van der Waals surface area contributed by atoms with Crippen molar-refractivity contribution in [2.45, 2.75) is 63.6 Å². The SMILES string of the molecule is C=CC(=O)Nc1cc(NC(/N=C\C)=N/CNC23BC(C(C)C)(CCC2)CC3)c(OC)cc1N(C)CCN(C)C. The summed E-state index contributed by atoms with van der Waals surface area (Å²) < 4.78 is 5.74. The van der Waals surface area contributed by atoms with Crippen molar-refractivity contribution in [1.82, 2.24) is 10.2 Å². The molecule has 1 amide bonds. The number of carbonyl (C=O) groups is 1. The van der Waals surface area contributed by atoms with Crippen LogP contribution in [0.3, 0.4) is 0 Å². The molecular formula is C29H48BN7O2. The first-order valence-corrected chi connectivity index (χ1v) is 14.1. The molecule has 2 unspecified atom stereocenters. The number of methoxy groups -OCH3 is 1. The molecule has 1 aromatic rings. The van der Waals surface area contributed by atoms with Gasteiger partial charge in [0.15, 0.2) is 7.28 Å². The van der Waals surface area contributed by atoms with Crippen LogP contribution < -0.4 is 25.6 Å². The van der Waals surface area contributed by atoms with Crippen LogP contribution in [0, 0.1) is 5.92 Å². The molecule has 214 valence electrons. The lowest BCUT2D eigenvalue weighted by atomic mass is 9.39. The number of guanidine groups is 1. The number of benzene rings is 1. The lowest BCUT2D eigenvalue weighted by molar-refractivity contribution is -0.111. The number of hydrogen-bond donors (Lipinski definition) is 3. The van der Waals surface area contributed by atoms with Gasteiger partial charge >= 0.3 is 0 Å². The summed E-state index contributed by atoms with van der Waals surface area (Å²) >= 11 is 0. The number of carbonyl (C=O) groups excluding carboxylic acids is 1. The second-order valence-electron chi connectivity index (χ2n) is 11.6. The molecule has 0 spiro atoms. The zero-order valence-corrected chi connectivity index (χ0v) is 25.1. The van der Waals surface area contributed by atoms with Crippen LogP contribution in [0.5, 0.6) is 5.75 Å². The van der Waals surface area contributed by atoms with Gasteiger partial charge in [-0.3, -0.25) is 10.1 Å². The second kappa shape index (κ2) is 13.5. The molecule has 2 bridgehead atoms. The Balaban J connectivity index is 1.82. The molecule has 9 nitrogen and oxygen atoms in total. The number of hydrogen-bond acceptors (Lipinski definition) is 6. The van der Waals surface area contributed by atoms with Gasteiger partial charge in [0.25, 0.3) is 0 Å². The summed E-state index contributed by atoms with van der Waals surface area (Å²) in [5, 5.41) is 10.5. The normalized spacial score (nSPS) is 22.7. The van der Waals surface area contributed by atoms with Crippen molar-refractivity contribution < 1.29 is 9.53 Å². The highest BCUT2D eigenvalue weighted by Crippen LogP contribution is 2.57. The largest absolute Gasteiger partial charge is 0.494 e. The monoisotopic (exact) mass is 537 g/mol. The second-order valence-corrected chi connectivity index (χ2v) is 11.6. The van der Waals surface area contributed by atoms with Gasteiger partial charge in [0.2, 0.25) is 11.9 Å². The molecule has 2 aliphatic rings. The summed E-state index contributed by atoms with van der Waals surface area (Å²) in [4.78, 5) is 25.8. The fourth-order valence-corrected chi connectivity index (χ4v) is 6.11. The maximum absolute atomic E-state index is 12.3. The van der Waals surface area contributed by atoms with E-state index in [4.69, 9.17) is 9.73 Å². The van der Waals surface area contributed by atoms with Crippen molar-refractivity contribution in [3.8, 4) is 5.75 Å². The molecule has 0 saturated carbocycles. The van der Waals surface area contributed by atoms with Crippen LogP contribution >= 0.6 is 0 Å². The minimum Gasteiger partial charge on any atom is -0.494 e. The van der Waals surface area contributed by atoms with E-state index in [2.05, 4.69) is 51.2 Å². The Bertz CT molecular complexity index is 1070. The van der Waals surface area contributed by atoms with E-state index in [1.54, 1.807) is 13.3 Å². The average molecular weight is 538 g/mol. The molecule has 0 aliphatic carbocycles. The van der Waals surface area contributed by atoms with Gasteiger partial charge in [-0.2, -0.15) is 0 Å². The van der Waals surface area contributed by atoms with Crippen LogP contribution in [-0.2, 0) is 4.79 Å². The van der Waals surface area contributed by atoms with Crippen molar-refractivity contribution >= 4 is 42.4 Å². The number of anilines is 3. The Kier molecular flexibility index (Phi) is 10.6. The Morgan fingerprint density at radius 1 is 1.15 bits per heavy atom. The number of nitrogens with zero attached hydrogens (tertiary/aromatic N) is 4. The molecule has 3 rings (SSSR count). The molecule has 2 atom stereocenters. The first-order chi connectivity index (χ1) is 18.6. The van der Waals surface area contributed by atoms with Crippen LogP contribution in [0.25, 0.3) is 0 Å². The highest BCUT2D eigenvalue weighted by molar-refractivity contribution is 6.46. The Hall–Kier alpha value is -2.85. The third-order valence-electron chi connectivity index (χ3n) is 8.58. The molecule has 0 radical (unpaired) electrons. The number of fused-ring (bicyclic) bond motifs is 2. The molecule has 1 aromatic carbocycles. The van der Waals surface area contributed by atoms with Crippen LogP contribution in [0.15, 0.2) is 34.8 Å². The molecule has 39 heavy (non-hydrogen) atoms.